The van der Waals surface area contributed by atoms with E-state index in [1.54, 1.807) is 6.92 Å². The highest BCUT2D eigenvalue weighted by molar-refractivity contribution is 7.17. The van der Waals surface area contributed by atoms with E-state index in [-0.39, 0.29) is 17.3 Å². The monoisotopic (exact) mass is 436 g/mol. The number of esters is 2. The highest BCUT2D eigenvalue weighted by Crippen LogP contribution is 2.40. The molecule has 0 aromatic carbocycles. The fraction of sp³-hybridized carbons (Fsp3) is 0.400. The van der Waals surface area contributed by atoms with Crippen molar-refractivity contribution in [1.29, 1.82) is 0 Å². The first-order valence-electron chi connectivity index (χ1n) is 9.29. The van der Waals surface area contributed by atoms with Crippen LogP contribution in [0.25, 0.3) is 0 Å². The summed E-state index contributed by atoms with van der Waals surface area (Å²) in [6, 6.07) is 2.80. The maximum Gasteiger partial charge on any atom is 0.341 e. The summed E-state index contributed by atoms with van der Waals surface area (Å²) in [6.45, 7) is 3.66. The zero-order valence-corrected chi connectivity index (χ0v) is 17.7. The van der Waals surface area contributed by atoms with E-state index in [1.165, 1.54) is 29.7 Å². The van der Waals surface area contributed by atoms with Gasteiger partial charge in [-0.1, -0.05) is 18.5 Å². The summed E-state index contributed by atoms with van der Waals surface area (Å²) in [4.78, 5) is 41.8. The summed E-state index contributed by atoms with van der Waals surface area (Å²) in [7, 11) is 0. The first-order chi connectivity index (χ1) is 13.9. The molecule has 1 atom stereocenters. The van der Waals surface area contributed by atoms with Crippen LogP contribution >= 0.6 is 22.9 Å². The van der Waals surface area contributed by atoms with E-state index in [2.05, 4.69) is 17.2 Å². The van der Waals surface area contributed by atoms with Crippen LogP contribution in [-0.2, 0) is 27.1 Å². The Balaban J connectivity index is 1.71. The van der Waals surface area contributed by atoms with Gasteiger partial charge in [0, 0.05) is 11.1 Å². The molecule has 0 bridgehead atoms. The molecule has 1 aliphatic carbocycles. The fourth-order valence-electron chi connectivity index (χ4n) is 3.16. The molecule has 1 amide bonds. The molecule has 9 heteroatoms. The minimum atomic E-state index is -0.686. The number of aromatic nitrogens is 1. The van der Waals surface area contributed by atoms with Gasteiger partial charge in [0.1, 0.15) is 10.2 Å². The standard InChI is InChI=1S/C20H21ClN2O5S/c1-3-27-20(26)17-13-5-4-11(2)8-14(13)29-18(17)23-16(24)10-28-19(25)12-6-7-22-15(21)9-12/h6-7,9,11H,3-5,8,10H2,1-2H3,(H,23,24). The van der Waals surface area contributed by atoms with Gasteiger partial charge in [0.25, 0.3) is 5.91 Å². The van der Waals surface area contributed by atoms with E-state index in [9.17, 15) is 14.4 Å². The second-order valence-electron chi connectivity index (χ2n) is 6.77. The van der Waals surface area contributed by atoms with Crippen molar-refractivity contribution in [2.24, 2.45) is 5.92 Å². The van der Waals surface area contributed by atoms with Gasteiger partial charge >= 0.3 is 11.9 Å². The number of hydrogen-bond acceptors (Lipinski definition) is 7. The number of nitrogens with zero attached hydrogens (tertiary/aromatic N) is 1. The zero-order valence-electron chi connectivity index (χ0n) is 16.1. The van der Waals surface area contributed by atoms with Crippen molar-refractivity contribution in [2.75, 3.05) is 18.5 Å². The average Bonchev–Trinajstić information content (AvgIpc) is 3.03. The third-order valence-corrected chi connectivity index (χ3v) is 5.92. The van der Waals surface area contributed by atoms with Gasteiger partial charge in [0.2, 0.25) is 0 Å². The van der Waals surface area contributed by atoms with E-state index in [0.717, 1.165) is 29.7 Å². The van der Waals surface area contributed by atoms with Crippen LogP contribution in [-0.4, -0.2) is 36.0 Å². The average molecular weight is 437 g/mol. The number of hydrogen-bond donors (Lipinski definition) is 1. The van der Waals surface area contributed by atoms with Crippen molar-refractivity contribution < 1.29 is 23.9 Å². The molecule has 0 aliphatic heterocycles. The number of carbonyl (C=O) groups is 3. The summed E-state index contributed by atoms with van der Waals surface area (Å²) in [5, 5.41) is 3.30. The van der Waals surface area contributed by atoms with Gasteiger partial charge in [-0.25, -0.2) is 14.6 Å². The number of anilines is 1. The summed E-state index contributed by atoms with van der Waals surface area (Å²) in [5.74, 6) is -1.14. The van der Waals surface area contributed by atoms with Crippen LogP contribution in [0.5, 0.6) is 0 Å². The van der Waals surface area contributed by atoms with Crippen LogP contribution < -0.4 is 5.32 Å². The number of nitrogens with one attached hydrogen (secondary N) is 1. The van der Waals surface area contributed by atoms with Crippen molar-refractivity contribution in [3.8, 4) is 0 Å². The van der Waals surface area contributed by atoms with Gasteiger partial charge in [-0.3, -0.25) is 4.79 Å². The third-order valence-electron chi connectivity index (χ3n) is 4.54. The SMILES string of the molecule is CCOC(=O)c1c(NC(=O)COC(=O)c2ccnc(Cl)c2)sc2c1CCC(C)C2. The lowest BCUT2D eigenvalue weighted by Crippen LogP contribution is -2.22. The summed E-state index contributed by atoms with van der Waals surface area (Å²) >= 11 is 7.13. The van der Waals surface area contributed by atoms with E-state index in [4.69, 9.17) is 21.1 Å². The Kier molecular flexibility index (Phi) is 6.87. The van der Waals surface area contributed by atoms with Crippen molar-refractivity contribution in [3.63, 3.8) is 0 Å². The Morgan fingerprint density at radius 3 is 2.83 bits per heavy atom. The number of halogens is 1. The molecule has 154 valence electrons. The normalized spacial score (nSPS) is 15.3. The number of pyridine rings is 1. The molecule has 1 N–H and O–H groups in total. The first kappa shape index (κ1) is 21.3. The third kappa shape index (κ3) is 5.13. The van der Waals surface area contributed by atoms with Crippen LogP contribution in [0.2, 0.25) is 5.15 Å². The Labute approximate surface area is 177 Å². The predicted molar refractivity (Wildman–Crippen MR) is 110 cm³/mol. The Hall–Kier alpha value is -2.45. The zero-order chi connectivity index (χ0) is 21.0. The topological polar surface area (TPSA) is 94.6 Å². The van der Waals surface area contributed by atoms with Crippen molar-refractivity contribution in [2.45, 2.75) is 33.1 Å². The summed E-state index contributed by atoms with van der Waals surface area (Å²) in [6.07, 6.45) is 3.99. The number of rotatable bonds is 6. The Morgan fingerprint density at radius 2 is 2.10 bits per heavy atom. The van der Waals surface area contributed by atoms with Gasteiger partial charge < -0.3 is 14.8 Å². The van der Waals surface area contributed by atoms with Gasteiger partial charge in [0.15, 0.2) is 6.61 Å². The molecule has 7 nitrogen and oxygen atoms in total. The van der Waals surface area contributed by atoms with Crippen LogP contribution in [0.15, 0.2) is 18.3 Å². The van der Waals surface area contributed by atoms with E-state index in [0.29, 0.717) is 16.5 Å². The summed E-state index contributed by atoms with van der Waals surface area (Å²) in [5.41, 5.74) is 1.57. The van der Waals surface area contributed by atoms with Gasteiger partial charge in [-0.2, -0.15) is 0 Å². The van der Waals surface area contributed by atoms with Gasteiger partial charge in [-0.05, 0) is 49.8 Å². The Morgan fingerprint density at radius 1 is 1.31 bits per heavy atom. The molecule has 2 aromatic heterocycles. The quantitative estimate of drug-likeness (QED) is 0.545. The van der Waals surface area contributed by atoms with Crippen LogP contribution in [0.3, 0.4) is 0 Å². The fourth-order valence-corrected chi connectivity index (χ4v) is 4.75. The highest BCUT2D eigenvalue weighted by atomic mass is 35.5. The molecule has 2 heterocycles. The number of ether oxygens (including phenoxy) is 2. The minimum Gasteiger partial charge on any atom is -0.462 e. The van der Waals surface area contributed by atoms with Gasteiger partial charge in [0.05, 0.1) is 17.7 Å². The second kappa shape index (κ2) is 9.37. The number of amides is 1. The second-order valence-corrected chi connectivity index (χ2v) is 8.26. The Bertz CT molecular complexity index is 943. The van der Waals surface area contributed by atoms with Crippen LogP contribution in [0.1, 0.15) is 51.4 Å². The molecule has 2 aromatic rings. The van der Waals surface area contributed by atoms with Crippen LogP contribution in [0.4, 0.5) is 5.00 Å². The number of carbonyl (C=O) groups excluding carboxylic acids is 3. The lowest BCUT2D eigenvalue weighted by molar-refractivity contribution is -0.119. The van der Waals surface area contributed by atoms with E-state index < -0.39 is 24.5 Å². The predicted octanol–water partition coefficient (Wildman–Crippen LogP) is 3.89. The molecular formula is C20H21ClN2O5S. The molecule has 0 saturated carbocycles. The smallest absolute Gasteiger partial charge is 0.341 e. The van der Waals surface area contributed by atoms with Crippen LogP contribution in [0, 0.1) is 5.92 Å². The molecule has 0 saturated heterocycles. The molecule has 0 radical (unpaired) electrons. The molecule has 29 heavy (non-hydrogen) atoms. The summed E-state index contributed by atoms with van der Waals surface area (Å²) < 4.78 is 10.2. The maximum absolute atomic E-state index is 12.5. The molecule has 3 rings (SSSR count). The first-order valence-corrected chi connectivity index (χ1v) is 10.5. The van der Waals surface area contributed by atoms with E-state index in [1.807, 2.05) is 0 Å². The maximum atomic E-state index is 12.5. The van der Waals surface area contributed by atoms with Crippen molar-refractivity contribution in [1.82, 2.24) is 4.98 Å². The lowest BCUT2D eigenvalue weighted by Gasteiger charge is -2.18. The molecular weight excluding hydrogens is 416 g/mol. The minimum absolute atomic E-state index is 0.154. The molecule has 0 fully saturated rings. The molecule has 0 spiro atoms. The van der Waals surface area contributed by atoms with Gasteiger partial charge in [-0.15, -0.1) is 11.3 Å². The van der Waals surface area contributed by atoms with Crippen molar-refractivity contribution >= 4 is 45.8 Å². The lowest BCUT2D eigenvalue weighted by atomic mass is 9.88. The number of thiophene rings is 1. The van der Waals surface area contributed by atoms with E-state index >= 15 is 0 Å². The number of fused-ring (bicyclic) bond motifs is 1. The molecule has 1 unspecified atom stereocenters. The molecule has 1 aliphatic rings. The largest absolute Gasteiger partial charge is 0.462 e. The van der Waals surface area contributed by atoms with Crippen molar-refractivity contribution in [3.05, 3.63) is 45.1 Å². The highest BCUT2D eigenvalue weighted by Gasteiger charge is 2.29.